The maximum absolute atomic E-state index is 13.0. The number of rotatable bonds is 5. The van der Waals surface area contributed by atoms with E-state index in [0.717, 1.165) is 21.2 Å². The third-order valence-electron chi connectivity index (χ3n) is 5.30. The number of aryl methyl sites for hydroxylation is 1. The summed E-state index contributed by atoms with van der Waals surface area (Å²) >= 11 is 3.41. The van der Waals surface area contributed by atoms with Crippen molar-refractivity contribution in [1.29, 1.82) is 0 Å². The molecule has 1 aliphatic rings. The minimum atomic E-state index is -0.856. The third-order valence-corrected chi connectivity index (χ3v) is 6.19. The molecule has 0 fully saturated rings. The van der Waals surface area contributed by atoms with Gasteiger partial charge >= 0.3 is 5.97 Å². The number of halogens is 1. The summed E-state index contributed by atoms with van der Waals surface area (Å²) in [5.41, 5.74) is 3.49. The first-order valence-electron chi connectivity index (χ1n) is 10.1. The highest BCUT2D eigenvalue weighted by Crippen LogP contribution is 2.26. The summed E-state index contributed by atoms with van der Waals surface area (Å²) < 4.78 is 11.5. The van der Waals surface area contributed by atoms with E-state index in [1.54, 1.807) is 18.2 Å². The minimum Gasteiger partial charge on any atom is -0.459 e. The summed E-state index contributed by atoms with van der Waals surface area (Å²) in [6, 6.07) is 15.3. The predicted molar refractivity (Wildman–Crippen MR) is 121 cm³/mol. The molecule has 2 heterocycles. The number of fused-ring (bicyclic) bond motifs is 1. The quantitative estimate of drug-likeness (QED) is 0.537. The lowest BCUT2D eigenvalue weighted by Gasteiger charge is -2.34. The second-order valence-electron chi connectivity index (χ2n) is 7.52. The van der Waals surface area contributed by atoms with Gasteiger partial charge in [-0.15, -0.1) is 0 Å². The molecule has 0 radical (unpaired) electrons. The van der Waals surface area contributed by atoms with E-state index >= 15 is 0 Å². The molecule has 2 amide bonds. The monoisotopic (exact) mass is 496 g/mol. The third kappa shape index (κ3) is 4.75. The van der Waals surface area contributed by atoms with Gasteiger partial charge in [0.15, 0.2) is 12.4 Å². The summed E-state index contributed by atoms with van der Waals surface area (Å²) in [5.74, 6) is -1.35. The van der Waals surface area contributed by atoms with Crippen molar-refractivity contribution in [2.45, 2.75) is 25.9 Å². The fourth-order valence-electron chi connectivity index (χ4n) is 3.64. The average Bonchev–Trinajstić information content (AvgIpc) is 3.33. The highest BCUT2D eigenvalue weighted by Gasteiger charge is 2.37. The summed E-state index contributed by atoms with van der Waals surface area (Å²) in [7, 11) is 0. The number of hydrogen-bond donors (Lipinski definition) is 1. The van der Waals surface area contributed by atoms with Crippen molar-refractivity contribution in [3.8, 4) is 0 Å². The summed E-state index contributed by atoms with van der Waals surface area (Å²) in [6.45, 7) is 1.71. The summed E-state index contributed by atoms with van der Waals surface area (Å²) in [6.07, 6.45) is 1.71. The van der Waals surface area contributed by atoms with Gasteiger partial charge in [0.25, 0.3) is 11.8 Å². The molecule has 7 nitrogen and oxygen atoms in total. The Kier molecular flexibility index (Phi) is 6.41. The molecule has 4 rings (SSSR count). The lowest BCUT2D eigenvalue weighted by Crippen LogP contribution is -2.49. The maximum Gasteiger partial charge on any atom is 0.329 e. The Balaban J connectivity index is 1.45. The van der Waals surface area contributed by atoms with E-state index in [0.29, 0.717) is 12.1 Å². The molecule has 0 bridgehead atoms. The number of hydrogen-bond acceptors (Lipinski definition) is 5. The number of nitrogens with one attached hydrogen (secondary N) is 1. The number of anilines is 1. The minimum absolute atomic E-state index is 0.144. The van der Waals surface area contributed by atoms with Crippen LogP contribution in [0.3, 0.4) is 0 Å². The second kappa shape index (κ2) is 9.40. The lowest BCUT2D eigenvalue weighted by molar-refractivity contribution is -0.152. The molecule has 0 aliphatic carbocycles. The van der Waals surface area contributed by atoms with Crippen LogP contribution in [0.5, 0.6) is 0 Å². The Morgan fingerprint density at radius 2 is 1.91 bits per heavy atom. The van der Waals surface area contributed by atoms with Crippen LogP contribution in [0.15, 0.2) is 69.8 Å². The smallest absolute Gasteiger partial charge is 0.329 e. The van der Waals surface area contributed by atoms with Crippen molar-refractivity contribution in [3.63, 3.8) is 0 Å². The van der Waals surface area contributed by atoms with Crippen molar-refractivity contribution < 1.29 is 23.5 Å². The van der Waals surface area contributed by atoms with Crippen LogP contribution in [0.2, 0.25) is 0 Å². The number of carbonyl (C=O) groups excluding carboxylic acids is 3. The molecule has 0 saturated heterocycles. The number of esters is 1. The predicted octanol–water partition coefficient (Wildman–Crippen LogP) is 4.10. The molecule has 2 aromatic carbocycles. The Bertz CT molecular complexity index is 1160. The fraction of sp³-hybridized carbons (Fsp3) is 0.208. The molecule has 0 unspecified atom stereocenters. The molecule has 3 aromatic rings. The van der Waals surface area contributed by atoms with E-state index in [2.05, 4.69) is 21.2 Å². The van der Waals surface area contributed by atoms with Gasteiger partial charge in [-0.2, -0.15) is 0 Å². The van der Waals surface area contributed by atoms with E-state index in [1.165, 1.54) is 11.2 Å². The topological polar surface area (TPSA) is 88.9 Å². The molecule has 1 N–H and O–H groups in total. The van der Waals surface area contributed by atoms with Crippen LogP contribution < -0.4 is 5.32 Å². The number of amides is 2. The van der Waals surface area contributed by atoms with Crippen molar-refractivity contribution in [2.24, 2.45) is 0 Å². The number of benzene rings is 2. The largest absolute Gasteiger partial charge is 0.459 e. The van der Waals surface area contributed by atoms with E-state index in [-0.39, 0.29) is 12.3 Å². The zero-order chi connectivity index (χ0) is 22.7. The Hall–Kier alpha value is -3.39. The highest BCUT2D eigenvalue weighted by molar-refractivity contribution is 9.10. The first kappa shape index (κ1) is 21.8. The molecule has 164 valence electrons. The van der Waals surface area contributed by atoms with Crippen LogP contribution in [0.1, 0.15) is 27.2 Å². The van der Waals surface area contributed by atoms with Gasteiger partial charge in [0.1, 0.15) is 6.04 Å². The van der Waals surface area contributed by atoms with Crippen LogP contribution in [0.4, 0.5) is 5.69 Å². The van der Waals surface area contributed by atoms with E-state index in [9.17, 15) is 14.4 Å². The van der Waals surface area contributed by atoms with Crippen LogP contribution in [-0.4, -0.2) is 35.3 Å². The van der Waals surface area contributed by atoms with Gasteiger partial charge in [0, 0.05) is 23.1 Å². The SMILES string of the molecule is Cc1cc(NC(=O)COC(=O)[C@@H]2Cc3ccccc3CN2C(=O)c2ccco2)ccc1Br. The molecule has 0 spiro atoms. The second-order valence-corrected chi connectivity index (χ2v) is 8.37. The molecule has 1 aromatic heterocycles. The zero-order valence-corrected chi connectivity index (χ0v) is 18.9. The summed E-state index contributed by atoms with van der Waals surface area (Å²) in [5, 5.41) is 2.71. The Morgan fingerprint density at radius 1 is 1.12 bits per heavy atom. The number of carbonyl (C=O) groups is 3. The molecule has 1 aliphatic heterocycles. The van der Waals surface area contributed by atoms with Crippen molar-refractivity contribution >= 4 is 39.4 Å². The average molecular weight is 497 g/mol. The number of furan rings is 1. The van der Waals surface area contributed by atoms with E-state index in [1.807, 2.05) is 43.3 Å². The van der Waals surface area contributed by atoms with Gasteiger partial charge in [-0.1, -0.05) is 40.2 Å². The van der Waals surface area contributed by atoms with Crippen molar-refractivity contribution in [2.75, 3.05) is 11.9 Å². The summed E-state index contributed by atoms with van der Waals surface area (Å²) in [4.78, 5) is 39.6. The van der Waals surface area contributed by atoms with E-state index in [4.69, 9.17) is 9.15 Å². The molecule has 1 atom stereocenters. The van der Waals surface area contributed by atoms with Gasteiger partial charge < -0.3 is 19.4 Å². The zero-order valence-electron chi connectivity index (χ0n) is 17.3. The van der Waals surface area contributed by atoms with Gasteiger partial charge in [0.05, 0.1) is 6.26 Å². The molecule has 32 heavy (non-hydrogen) atoms. The highest BCUT2D eigenvalue weighted by atomic mass is 79.9. The van der Waals surface area contributed by atoms with Gasteiger partial charge in [-0.25, -0.2) is 4.79 Å². The van der Waals surface area contributed by atoms with Crippen LogP contribution >= 0.6 is 15.9 Å². The molecule has 8 heteroatoms. The Morgan fingerprint density at radius 3 is 2.62 bits per heavy atom. The molecule has 0 saturated carbocycles. The lowest BCUT2D eigenvalue weighted by atomic mass is 9.93. The van der Waals surface area contributed by atoms with Crippen LogP contribution in [-0.2, 0) is 27.3 Å². The first-order valence-corrected chi connectivity index (χ1v) is 10.9. The molecular formula is C24H21BrN2O5. The van der Waals surface area contributed by atoms with Gasteiger partial charge in [-0.3, -0.25) is 9.59 Å². The normalized spacial score (nSPS) is 15.1. The Labute approximate surface area is 193 Å². The van der Waals surface area contributed by atoms with Gasteiger partial charge in [-0.05, 0) is 53.9 Å². The van der Waals surface area contributed by atoms with Crippen LogP contribution in [0.25, 0.3) is 0 Å². The standard InChI is InChI=1S/C24H21BrN2O5/c1-15-11-18(8-9-19(15)25)26-22(28)14-32-24(30)20-12-16-5-2-3-6-17(16)13-27(20)23(29)21-7-4-10-31-21/h2-11,20H,12-14H2,1H3,(H,26,28)/t20-/m0/s1. The fourth-order valence-corrected chi connectivity index (χ4v) is 3.89. The van der Waals surface area contributed by atoms with E-state index < -0.39 is 30.4 Å². The number of nitrogens with zero attached hydrogens (tertiary/aromatic N) is 1. The van der Waals surface area contributed by atoms with Crippen molar-refractivity contribution in [1.82, 2.24) is 4.90 Å². The van der Waals surface area contributed by atoms with Crippen molar-refractivity contribution in [3.05, 3.63) is 87.8 Å². The van der Waals surface area contributed by atoms with Crippen LogP contribution in [0, 0.1) is 6.92 Å². The van der Waals surface area contributed by atoms with Gasteiger partial charge in [0.2, 0.25) is 0 Å². The first-order chi connectivity index (χ1) is 15.4. The molecular weight excluding hydrogens is 476 g/mol. The maximum atomic E-state index is 13.0. The number of ether oxygens (including phenoxy) is 1.